The summed E-state index contributed by atoms with van der Waals surface area (Å²) in [7, 11) is 1.75. The fourth-order valence-electron chi connectivity index (χ4n) is 6.10. The van der Waals surface area contributed by atoms with Crippen LogP contribution >= 0.6 is 11.3 Å². The van der Waals surface area contributed by atoms with E-state index in [1.807, 2.05) is 49.6 Å². The van der Waals surface area contributed by atoms with E-state index in [0.29, 0.717) is 17.5 Å². The molecule has 0 radical (unpaired) electrons. The lowest BCUT2D eigenvalue weighted by molar-refractivity contribution is 0.103. The molecule has 0 saturated carbocycles. The number of aromatic nitrogens is 2. The lowest BCUT2D eigenvalue weighted by Gasteiger charge is -2.38. The molecule has 1 aliphatic carbocycles. The van der Waals surface area contributed by atoms with Crippen molar-refractivity contribution >= 4 is 40.1 Å². The number of fused-ring (bicyclic) bond motifs is 1. The maximum Gasteiger partial charge on any atom is 0.274 e. The Bertz CT molecular complexity index is 1660. The van der Waals surface area contributed by atoms with Crippen LogP contribution in [0.1, 0.15) is 52.4 Å². The number of aryl methyl sites for hydroxylation is 3. The molecule has 0 spiro atoms. The van der Waals surface area contributed by atoms with Gasteiger partial charge in [-0.1, -0.05) is 12.1 Å². The van der Waals surface area contributed by atoms with Gasteiger partial charge in [0.25, 0.3) is 11.5 Å². The highest BCUT2D eigenvalue weighted by molar-refractivity contribution is 7.14. The normalized spacial score (nSPS) is 15.4. The minimum Gasteiger partial charge on any atom is -0.368 e. The number of amides is 1. The van der Waals surface area contributed by atoms with E-state index in [2.05, 4.69) is 51.4 Å². The molecule has 0 atom stereocenters. The molecule has 0 unspecified atom stereocenters. The fourth-order valence-corrected chi connectivity index (χ4v) is 7.25. The maximum absolute atomic E-state index is 13.2. The van der Waals surface area contributed by atoms with E-state index in [1.165, 1.54) is 23.3 Å². The van der Waals surface area contributed by atoms with Crippen molar-refractivity contribution < 1.29 is 4.79 Å². The molecule has 3 aromatic heterocycles. The maximum atomic E-state index is 13.2. The van der Waals surface area contributed by atoms with Gasteiger partial charge in [0.2, 0.25) is 0 Å². The lowest BCUT2D eigenvalue weighted by atomic mass is 9.99. The molecule has 43 heavy (non-hydrogen) atoms. The van der Waals surface area contributed by atoms with Crippen LogP contribution in [-0.2, 0) is 19.9 Å². The number of piperazine rings is 1. The average Bonchev–Trinajstić information content (AvgIpc) is 3.46. The van der Waals surface area contributed by atoms with Gasteiger partial charge in [-0.2, -0.15) is 0 Å². The predicted molar refractivity (Wildman–Crippen MR) is 177 cm³/mol. The zero-order valence-corrected chi connectivity index (χ0v) is 26.3. The number of carbonyl (C=O) groups is 1. The van der Waals surface area contributed by atoms with Crippen LogP contribution in [0.3, 0.4) is 0 Å². The van der Waals surface area contributed by atoms with E-state index in [1.54, 1.807) is 23.0 Å². The summed E-state index contributed by atoms with van der Waals surface area (Å²) in [5, 5.41) is 6.38. The topological polar surface area (TPSA) is 82.5 Å². The second-order valence-corrected chi connectivity index (χ2v) is 13.0. The molecule has 4 aromatic rings. The van der Waals surface area contributed by atoms with Gasteiger partial charge in [-0.25, -0.2) is 4.98 Å². The van der Waals surface area contributed by atoms with Gasteiger partial charge in [0.05, 0.1) is 16.8 Å². The van der Waals surface area contributed by atoms with Crippen LogP contribution in [0.15, 0.2) is 59.7 Å². The number of nitrogens with one attached hydrogen (secondary N) is 2. The van der Waals surface area contributed by atoms with Gasteiger partial charge in [-0.15, -0.1) is 11.3 Å². The molecule has 1 aliphatic heterocycles. The first-order chi connectivity index (χ1) is 20.8. The van der Waals surface area contributed by atoms with Crippen molar-refractivity contribution in [2.45, 2.75) is 52.5 Å². The summed E-state index contributed by atoms with van der Waals surface area (Å²) in [6, 6.07) is 14.4. The largest absolute Gasteiger partial charge is 0.368 e. The molecule has 4 heterocycles. The summed E-state index contributed by atoms with van der Waals surface area (Å²) >= 11 is 1.62. The Balaban J connectivity index is 1.19. The summed E-state index contributed by atoms with van der Waals surface area (Å²) in [4.78, 5) is 37.9. The van der Waals surface area contributed by atoms with Crippen LogP contribution in [0.4, 0.5) is 22.9 Å². The van der Waals surface area contributed by atoms with Crippen LogP contribution in [0, 0.1) is 6.92 Å². The zero-order valence-electron chi connectivity index (χ0n) is 25.4. The Labute approximate surface area is 257 Å². The number of carbonyl (C=O) groups excluding carboxylic acids is 1. The number of pyridine rings is 2. The van der Waals surface area contributed by atoms with Crippen LogP contribution in [0.5, 0.6) is 0 Å². The molecule has 6 rings (SSSR count). The SMILES string of the molecule is Cc1c(NC(=O)c2cc3c(s2)CCCC3)cccc1-c1cc(Nc2ccc(N3CCN(C(C)C)CC3)cn2)c(=O)n(C)c1. The summed E-state index contributed by atoms with van der Waals surface area (Å²) < 4.78 is 1.58. The third-order valence-electron chi connectivity index (χ3n) is 8.72. The second kappa shape index (κ2) is 12.3. The van der Waals surface area contributed by atoms with E-state index >= 15 is 0 Å². The summed E-state index contributed by atoms with van der Waals surface area (Å²) in [5.41, 5.74) is 6.27. The van der Waals surface area contributed by atoms with Gasteiger partial charge in [0, 0.05) is 61.6 Å². The zero-order chi connectivity index (χ0) is 30.1. The van der Waals surface area contributed by atoms with Crippen molar-refractivity contribution in [3.8, 4) is 11.1 Å². The number of hydrogen-bond donors (Lipinski definition) is 2. The van der Waals surface area contributed by atoms with Gasteiger partial charge >= 0.3 is 0 Å². The Morgan fingerprint density at radius 2 is 1.79 bits per heavy atom. The molecule has 8 nitrogen and oxygen atoms in total. The first kappa shape index (κ1) is 29.1. The lowest BCUT2D eigenvalue weighted by Crippen LogP contribution is -2.48. The van der Waals surface area contributed by atoms with E-state index in [-0.39, 0.29) is 11.5 Å². The summed E-state index contributed by atoms with van der Waals surface area (Å²) in [6.45, 7) is 10.5. The number of anilines is 4. The van der Waals surface area contributed by atoms with Crippen LogP contribution < -0.4 is 21.1 Å². The molecule has 1 saturated heterocycles. The molecule has 224 valence electrons. The van der Waals surface area contributed by atoms with E-state index in [9.17, 15) is 9.59 Å². The van der Waals surface area contributed by atoms with Gasteiger partial charge in [-0.05, 0) is 93.5 Å². The van der Waals surface area contributed by atoms with Crippen LogP contribution in [0.25, 0.3) is 11.1 Å². The molecule has 9 heteroatoms. The van der Waals surface area contributed by atoms with Crippen LogP contribution in [-0.4, -0.2) is 52.6 Å². The van der Waals surface area contributed by atoms with Gasteiger partial charge in [0.15, 0.2) is 0 Å². The number of hydrogen-bond acceptors (Lipinski definition) is 7. The Kier molecular flexibility index (Phi) is 8.36. The number of rotatable bonds is 7. The monoisotopic (exact) mass is 596 g/mol. The quantitative estimate of drug-likeness (QED) is 0.264. The fraction of sp³-hybridized carbons (Fsp3) is 0.382. The molecule has 1 amide bonds. The highest BCUT2D eigenvalue weighted by Gasteiger charge is 2.20. The predicted octanol–water partition coefficient (Wildman–Crippen LogP) is 6.22. The molecule has 1 fully saturated rings. The van der Waals surface area contributed by atoms with Crippen molar-refractivity contribution in [3.63, 3.8) is 0 Å². The molecule has 1 aromatic carbocycles. The summed E-state index contributed by atoms with van der Waals surface area (Å²) in [5.74, 6) is 0.550. The Morgan fingerprint density at radius 3 is 2.51 bits per heavy atom. The first-order valence-electron chi connectivity index (χ1n) is 15.2. The first-order valence-corrected chi connectivity index (χ1v) is 16.0. The van der Waals surface area contributed by atoms with Gasteiger partial charge < -0.3 is 20.1 Å². The Morgan fingerprint density at radius 1 is 1.00 bits per heavy atom. The minimum absolute atomic E-state index is 0.0706. The van der Waals surface area contributed by atoms with E-state index in [4.69, 9.17) is 0 Å². The van der Waals surface area contributed by atoms with E-state index in [0.717, 1.165) is 72.0 Å². The minimum atomic E-state index is -0.136. The van der Waals surface area contributed by atoms with Gasteiger partial charge in [-0.3, -0.25) is 14.5 Å². The van der Waals surface area contributed by atoms with E-state index < -0.39 is 0 Å². The highest BCUT2D eigenvalue weighted by atomic mass is 32.1. The molecule has 2 N–H and O–H groups in total. The summed E-state index contributed by atoms with van der Waals surface area (Å²) in [6.07, 6.45) is 8.24. The van der Waals surface area contributed by atoms with Crippen molar-refractivity contribution in [2.24, 2.45) is 7.05 Å². The van der Waals surface area contributed by atoms with Crippen molar-refractivity contribution in [1.29, 1.82) is 0 Å². The molecular weight excluding hydrogens is 556 g/mol. The van der Waals surface area contributed by atoms with Crippen molar-refractivity contribution in [2.75, 3.05) is 41.7 Å². The molecule has 0 bridgehead atoms. The smallest absolute Gasteiger partial charge is 0.274 e. The third kappa shape index (κ3) is 6.24. The average molecular weight is 597 g/mol. The van der Waals surface area contributed by atoms with Crippen LogP contribution in [0.2, 0.25) is 0 Å². The highest BCUT2D eigenvalue weighted by Crippen LogP contribution is 2.33. The number of thiophene rings is 1. The molecule has 2 aliphatic rings. The number of nitrogens with zero attached hydrogens (tertiary/aromatic N) is 4. The second-order valence-electron chi connectivity index (χ2n) is 11.9. The molecular formula is C34H40N6O2S. The Hall–Kier alpha value is -3.95. The van der Waals surface area contributed by atoms with Crippen molar-refractivity contribution in [3.05, 3.63) is 86.1 Å². The number of benzene rings is 1. The van der Waals surface area contributed by atoms with Crippen molar-refractivity contribution in [1.82, 2.24) is 14.5 Å². The van der Waals surface area contributed by atoms with Gasteiger partial charge in [0.1, 0.15) is 11.5 Å². The standard InChI is InChI=1S/C34H40N6O2S/c1-22(2)39-14-16-40(17-15-39)26-12-13-32(35-20-26)36-29-18-25(21-38(4)34(29)42)27-9-7-10-28(23(27)3)37-33(41)31-19-24-8-5-6-11-30(24)43-31/h7,9-10,12-13,18-22H,5-6,8,11,14-17H2,1-4H3,(H,35,36)(H,37,41). The third-order valence-corrected chi connectivity index (χ3v) is 9.95.